The van der Waals surface area contributed by atoms with E-state index in [1.165, 1.54) is 38.6 Å². The van der Waals surface area contributed by atoms with E-state index in [-0.39, 0.29) is 11.8 Å². The first kappa shape index (κ1) is 16.6. The predicted molar refractivity (Wildman–Crippen MR) is 124 cm³/mol. The van der Waals surface area contributed by atoms with Crippen LogP contribution in [0.5, 0.6) is 0 Å². The van der Waals surface area contributed by atoms with Crippen molar-refractivity contribution in [2.75, 3.05) is 0 Å². The average Bonchev–Trinajstić information content (AvgIpc) is 2.65. The van der Waals surface area contributed by atoms with Gasteiger partial charge in [-0.1, -0.05) is 70.2 Å². The highest BCUT2D eigenvalue weighted by atomic mass is 14.3. The van der Waals surface area contributed by atoms with E-state index < -0.39 is 6.37 Å². The van der Waals surface area contributed by atoms with Gasteiger partial charge in [-0.2, -0.15) is 0 Å². The van der Waals surface area contributed by atoms with Gasteiger partial charge in [-0.25, -0.2) is 0 Å². The average molecular weight is 371 g/mol. The van der Waals surface area contributed by atoms with Gasteiger partial charge < -0.3 is 0 Å². The van der Waals surface area contributed by atoms with Crippen molar-refractivity contribution in [2.45, 2.75) is 59.8 Å². The number of hydrogen-bond donors (Lipinski definition) is 0. The highest BCUT2D eigenvalue weighted by molar-refractivity contribution is 5.92. The molecule has 1 unspecified atom stereocenters. The summed E-state index contributed by atoms with van der Waals surface area (Å²) in [7, 11) is 0. The van der Waals surface area contributed by atoms with Crippen LogP contribution in [0.2, 0.25) is 0 Å². The van der Waals surface area contributed by atoms with E-state index >= 15 is 0 Å². The minimum absolute atomic E-state index is 0.114. The molecule has 0 amide bonds. The van der Waals surface area contributed by atoms with Crippen LogP contribution in [0.4, 0.5) is 0 Å². The van der Waals surface area contributed by atoms with Crippen LogP contribution in [0.3, 0.4) is 0 Å². The molecule has 28 heavy (non-hydrogen) atoms. The zero-order chi connectivity index (χ0) is 21.8. The van der Waals surface area contributed by atoms with Gasteiger partial charge in [-0.05, 0) is 99.8 Å². The molecule has 0 radical (unpaired) electrons. The molecule has 0 N–H and O–H groups in total. The Kier molecular flexibility index (Phi) is 4.29. The van der Waals surface area contributed by atoms with E-state index in [9.17, 15) is 0 Å². The molecule has 0 spiro atoms. The van der Waals surface area contributed by atoms with E-state index in [1.807, 2.05) is 6.08 Å². The van der Waals surface area contributed by atoms with Crippen LogP contribution >= 0.6 is 0 Å². The van der Waals surface area contributed by atoms with E-state index in [4.69, 9.17) is 2.74 Å². The Labute approximate surface area is 173 Å². The molecule has 1 atom stereocenters. The predicted octanol–water partition coefficient (Wildman–Crippen LogP) is 8.40. The first-order valence-electron chi connectivity index (χ1n) is 11.5. The first-order chi connectivity index (χ1) is 14.1. The third-order valence-electron chi connectivity index (χ3n) is 6.14. The van der Waals surface area contributed by atoms with Crippen LogP contribution in [0.1, 0.15) is 76.5 Å². The summed E-state index contributed by atoms with van der Waals surface area (Å²) in [5.74, 6) is 0.625. The Hall–Kier alpha value is -2.34. The Bertz CT molecular complexity index is 1150. The van der Waals surface area contributed by atoms with Crippen LogP contribution in [-0.2, 0) is 0 Å². The van der Waals surface area contributed by atoms with Crippen molar-refractivity contribution >= 4 is 16.8 Å². The molecule has 0 heterocycles. The lowest BCUT2D eigenvalue weighted by Crippen LogP contribution is -2.11. The number of benzene rings is 3. The summed E-state index contributed by atoms with van der Waals surface area (Å²) in [6.07, 6.45) is 2.42. The fourth-order valence-corrected chi connectivity index (χ4v) is 4.59. The molecular formula is C28H32. The summed E-state index contributed by atoms with van der Waals surface area (Å²) in [4.78, 5) is 0. The Morgan fingerprint density at radius 2 is 1.64 bits per heavy atom. The maximum absolute atomic E-state index is 8.49. The van der Waals surface area contributed by atoms with Crippen molar-refractivity contribution in [1.29, 1.82) is 0 Å². The van der Waals surface area contributed by atoms with Gasteiger partial charge in [-0.3, -0.25) is 0 Å². The quantitative estimate of drug-likeness (QED) is 0.434. The molecule has 0 heteroatoms. The van der Waals surface area contributed by atoms with Crippen molar-refractivity contribution in [3.8, 4) is 11.1 Å². The van der Waals surface area contributed by atoms with Gasteiger partial charge in [0.15, 0.2) is 0 Å². The Morgan fingerprint density at radius 3 is 2.36 bits per heavy atom. The van der Waals surface area contributed by atoms with Gasteiger partial charge in [0.2, 0.25) is 0 Å². The molecule has 0 fully saturated rings. The maximum atomic E-state index is 8.49. The standard InChI is InChI=1S/C28H32/c1-17(2)23-11-7-9-21-15-25(19(5)13-27(21)23)26-16-22-10-8-12-24(18(3)4)28(22)14-20(26)6/h7-11,13-18,24H,12H2,1-6H3/i12D2. The number of rotatable bonds is 3. The topological polar surface area (TPSA) is 0 Å². The fourth-order valence-electron chi connectivity index (χ4n) is 4.59. The molecule has 0 nitrogen and oxygen atoms in total. The van der Waals surface area contributed by atoms with Crippen molar-refractivity contribution in [1.82, 2.24) is 0 Å². The second-order valence-electron chi connectivity index (χ2n) is 8.91. The number of hydrogen-bond acceptors (Lipinski definition) is 0. The normalized spacial score (nSPS) is 19.1. The van der Waals surface area contributed by atoms with Crippen LogP contribution in [-0.4, -0.2) is 0 Å². The third kappa shape index (κ3) is 3.20. The summed E-state index contributed by atoms with van der Waals surface area (Å²) in [5.41, 5.74) is 8.71. The summed E-state index contributed by atoms with van der Waals surface area (Å²) >= 11 is 0. The second kappa shape index (κ2) is 7.24. The van der Waals surface area contributed by atoms with E-state index in [2.05, 4.69) is 84.0 Å². The van der Waals surface area contributed by atoms with Crippen molar-refractivity contribution in [2.24, 2.45) is 5.92 Å². The molecule has 0 bridgehead atoms. The molecular weight excluding hydrogens is 336 g/mol. The Morgan fingerprint density at radius 1 is 0.929 bits per heavy atom. The Balaban J connectivity index is 1.91. The summed E-state index contributed by atoms with van der Waals surface area (Å²) in [5, 5.41) is 2.63. The van der Waals surface area contributed by atoms with Crippen LogP contribution in [0.15, 0.2) is 48.5 Å². The van der Waals surface area contributed by atoms with E-state index in [0.717, 1.165) is 11.1 Å². The molecule has 3 aromatic carbocycles. The molecule has 0 aromatic heterocycles. The molecule has 0 saturated carbocycles. The van der Waals surface area contributed by atoms with Gasteiger partial charge in [-0.15, -0.1) is 0 Å². The minimum atomic E-state index is -1.30. The van der Waals surface area contributed by atoms with E-state index in [1.54, 1.807) is 6.08 Å². The number of aryl methyl sites for hydroxylation is 2. The second-order valence-corrected chi connectivity index (χ2v) is 8.91. The molecule has 0 saturated heterocycles. The lowest BCUT2D eigenvalue weighted by molar-refractivity contribution is 0.499. The monoisotopic (exact) mass is 370 g/mol. The van der Waals surface area contributed by atoms with Crippen molar-refractivity contribution in [3.05, 3.63) is 76.4 Å². The smallest absolute Gasteiger partial charge is 0.0316 e. The fraction of sp³-hybridized carbons (Fsp3) is 0.357. The highest BCUT2D eigenvalue weighted by Gasteiger charge is 2.22. The zero-order valence-electron chi connectivity index (χ0n) is 19.9. The van der Waals surface area contributed by atoms with E-state index in [0.29, 0.717) is 5.92 Å². The van der Waals surface area contributed by atoms with Gasteiger partial charge >= 0.3 is 0 Å². The lowest BCUT2D eigenvalue weighted by atomic mass is 9.78. The molecule has 4 rings (SSSR count). The van der Waals surface area contributed by atoms with Crippen LogP contribution in [0.25, 0.3) is 28.0 Å². The minimum Gasteiger partial charge on any atom is -0.0833 e. The summed E-state index contributed by atoms with van der Waals surface area (Å²) in [6, 6.07) is 15.8. The largest absolute Gasteiger partial charge is 0.0833 e. The van der Waals surface area contributed by atoms with Crippen molar-refractivity contribution in [3.63, 3.8) is 0 Å². The van der Waals surface area contributed by atoms with Crippen molar-refractivity contribution < 1.29 is 2.74 Å². The summed E-state index contributed by atoms with van der Waals surface area (Å²) in [6.45, 7) is 13.1. The molecule has 1 aliphatic carbocycles. The van der Waals surface area contributed by atoms with Crippen LogP contribution < -0.4 is 0 Å². The van der Waals surface area contributed by atoms with Gasteiger partial charge in [0.05, 0.1) is 0 Å². The van der Waals surface area contributed by atoms with Gasteiger partial charge in [0.1, 0.15) is 0 Å². The number of fused-ring (bicyclic) bond motifs is 2. The molecule has 144 valence electrons. The molecule has 1 aliphatic rings. The zero-order valence-corrected chi connectivity index (χ0v) is 17.9. The molecule has 0 aliphatic heterocycles. The highest BCUT2D eigenvalue weighted by Crippen LogP contribution is 2.40. The van der Waals surface area contributed by atoms with Gasteiger partial charge in [0.25, 0.3) is 0 Å². The number of allylic oxidation sites excluding steroid dienone is 1. The molecule has 3 aromatic rings. The first-order valence-corrected chi connectivity index (χ1v) is 10.5. The van der Waals surface area contributed by atoms with Crippen LogP contribution in [0, 0.1) is 19.8 Å². The maximum Gasteiger partial charge on any atom is 0.0316 e. The third-order valence-corrected chi connectivity index (χ3v) is 6.14. The lowest BCUT2D eigenvalue weighted by Gasteiger charge is -2.27. The van der Waals surface area contributed by atoms with Gasteiger partial charge in [0, 0.05) is 2.74 Å². The SMILES string of the molecule is [2H]C1([2H])C=Cc2cc(-c3cc4cccc(C(C)C)c4cc3C)c(C)cc2C1C(C)C. The summed E-state index contributed by atoms with van der Waals surface area (Å²) < 4.78 is 17.0.